The minimum atomic E-state index is -0.623. The zero-order valence-corrected chi connectivity index (χ0v) is 24.9. The summed E-state index contributed by atoms with van der Waals surface area (Å²) in [5, 5.41) is 27.0. The first kappa shape index (κ1) is 29.0. The van der Waals surface area contributed by atoms with E-state index in [1.807, 2.05) is 28.9 Å². The summed E-state index contributed by atoms with van der Waals surface area (Å²) in [5.74, 6) is 0.537. The molecule has 0 spiro atoms. The standard InChI is InChI=1S/C33H41N7O3/c1-2-9-28-27(22-23-13-15-24(16-14-23)25-10-4-5-11-26(25)30-35-37-38-36-30)31(42)40-29(12-8-20-39(28)40)33(17-6-3-7-18-33)32(43)34-19-21-41/h4-5,10-11,13-16,29,41H,2-3,6-9,12,17-22H2,1H3,(H,34,43)(H,35,36,37,38). The number of hydrogen-bond acceptors (Lipinski definition) is 6. The third-order valence-corrected chi connectivity index (χ3v) is 9.41. The Morgan fingerprint density at radius 3 is 2.53 bits per heavy atom. The van der Waals surface area contributed by atoms with Crippen molar-refractivity contribution in [2.24, 2.45) is 5.41 Å². The third-order valence-electron chi connectivity index (χ3n) is 9.41. The highest BCUT2D eigenvalue weighted by Gasteiger charge is 2.49. The van der Waals surface area contributed by atoms with Crippen molar-refractivity contribution in [1.82, 2.24) is 35.3 Å². The highest BCUT2D eigenvalue weighted by atomic mass is 16.3. The van der Waals surface area contributed by atoms with E-state index in [4.69, 9.17) is 0 Å². The summed E-state index contributed by atoms with van der Waals surface area (Å²) in [7, 11) is 0. The predicted molar refractivity (Wildman–Crippen MR) is 164 cm³/mol. The SMILES string of the molecule is CCCc1c(Cc2ccc(-c3ccccc3-c3nn[nH]n3)cc2)c(=O)n2n1CCCC2C1(C(=O)NCCO)CCCCC1. The van der Waals surface area contributed by atoms with Gasteiger partial charge in [0.15, 0.2) is 0 Å². The first-order chi connectivity index (χ1) is 21.1. The Bertz CT molecular complexity index is 1600. The largest absolute Gasteiger partial charge is 0.395 e. The van der Waals surface area contributed by atoms with E-state index in [0.29, 0.717) is 12.2 Å². The fourth-order valence-corrected chi connectivity index (χ4v) is 7.42. The van der Waals surface area contributed by atoms with Gasteiger partial charge in [0, 0.05) is 36.3 Å². The number of tetrazole rings is 1. The van der Waals surface area contributed by atoms with Crippen LogP contribution in [0.1, 0.15) is 81.2 Å². The number of fused-ring (bicyclic) bond motifs is 1. The fraction of sp³-hybridized carbons (Fsp3) is 0.485. The second-order valence-corrected chi connectivity index (χ2v) is 12.0. The molecule has 226 valence electrons. The van der Waals surface area contributed by atoms with Gasteiger partial charge in [0.2, 0.25) is 11.7 Å². The van der Waals surface area contributed by atoms with Gasteiger partial charge in [-0.3, -0.25) is 14.3 Å². The first-order valence-electron chi connectivity index (χ1n) is 15.7. The summed E-state index contributed by atoms with van der Waals surface area (Å²) >= 11 is 0. The lowest BCUT2D eigenvalue weighted by Crippen LogP contribution is -2.52. The molecule has 2 aliphatic rings. The maximum atomic E-state index is 14.4. The number of aliphatic hydroxyl groups is 1. The highest BCUT2D eigenvalue weighted by molar-refractivity contribution is 5.83. The monoisotopic (exact) mass is 583 g/mol. The van der Waals surface area contributed by atoms with Gasteiger partial charge >= 0.3 is 0 Å². The molecule has 2 aromatic heterocycles. The van der Waals surface area contributed by atoms with Gasteiger partial charge in [-0.1, -0.05) is 81.1 Å². The molecule has 4 aromatic rings. The highest BCUT2D eigenvalue weighted by Crippen LogP contribution is 2.48. The summed E-state index contributed by atoms with van der Waals surface area (Å²) in [6.45, 7) is 3.10. The lowest BCUT2D eigenvalue weighted by molar-refractivity contribution is -0.138. The van der Waals surface area contributed by atoms with Gasteiger partial charge < -0.3 is 10.4 Å². The quantitative estimate of drug-likeness (QED) is 0.253. The van der Waals surface area contributed by atoms with Crippen molar-refractivity contribution < 1.29 is 9.90 Å². The van der Waals surface area contributed by atoms with Crippen LogP contribution in [0.5, 0.6) is 0 Å². The van der Waals surface area contributed by atoms with E-state index in [-0.39, 0.29) is 30.7 Å². The molecular formula is C33H41N7O3. The van der Waals surface area contributed by atoms with Gasteiger partial charge in [-0.2, -0.15) is 5.21 Å². The van der Waals surface area contributed by atoms with Crippen molar-refractivity contribution in [3.63, 3.8) is 0 Å². The molecule has 1 amide bonds. The van der Waals surface area contributed by atoms with E-state index in [1.165, 1.54) is 0 Å². The van der Waals surface area contributed by atoms with Crippen molar-refractivity contribution in [3.05, 3.63) is 75.7 Å². The number of nitrogens with one attached hydrogen (secondary N) is 2. The molecule has 0 radical (unpaired) electrons. The van der Waals surface area contributed by atoms with E-state index in [0.717, 1.165) is 97.8 Å². The van der Waals surface area contributed by atoms with Crippen molar-refractivity contribution >= 4 is 5.91 Å². The van der Waals surface area contributed by atoms with E-state index >= 15 is 0 Å². The summed E-state index contributed by atoms with van der Waals surface area (Å²) in [5.41, 5.74) is 5.39. The van der Waals surface area contributed by atoms with Gasteiger partial charge in [-0.15, -0.1) is 10.2 Å². The predicted octanol–water partition coefficient (Wildman–Crippen LogP) is 4.43. The minimum Gasteiger partial charge on any atom is -0.395 e. The molecule has 2 aromatic carbocycles. The molecule has 1 unspecified atom stereocenters. The molecule has 3 heterocycles. The number of aromatic amines is 1. The maximum absolute atomic E-state index is 14.4. The number of hydrogen-bond donors (Lipinski definition) is 3. The van der Waals surface area contributed by atoms with E-state index in [9.17, 15) is 14.7 Å². The van der Waals surface area contributed by atoms with Crippen LogP contribution in [-0.2, 0) is 24.2 Å². The molecule has 43 heavy (non-hydrogen) atoms. The maximum Gasteiger partial charge on any atom is 0.270 e. The van der Waals surface area contributed by atoms with Crippen LogP contribution in [0.4, 0.5) is 0 Å². The number of rotatable bonds is 10. The second-order valence-electron chi connectivity index (χ2n) is 12.0. The van der Waals surface area contributed by atoms with E-state index < -0.39 is 5.41 Å². The van der Waals surface area contributed by atoms with Crippen molar-refractivity contribution in [2.45, 2.75) is 83.7 Å². The number of carbonyl (C=O) groups excluding carboxylic acids is 1. The van der Waals surface area contributed by atoms with Crippen LogP contribution < -0.4 is 10.9 Å². The number of H-pyrrole nitrogens is 1. The molecular weight excluding hydrogens is 542 g/mol. The molecule has 1 aliphatic heterocycles. The Labute approximate surface area is 251 Å². The summed E-state index contributed by atoms with van der Waals surface area (Å²) < 4.78 is 4.17. The fourth-order valence-electron chi connectivity index (χ4n) is 7.42. The number of benzene rings is 2. The molecule has 3 N–H and O–H groups in total. The van der Waals surface area contributed by atoms with Crippen LogP contribution in [0.3, 0.4) is 0 Å². The minimum absolute atomic E-state index is 0.0110. The van der Waals surface area contributed by atoms with Crippen LogP contribution in [0.15, 0.2) is 53.3 Å². The summed E-state index contributed by atoms with van der Waals surface area (Å²) in [4.78, 5) is 28.1. The normalized spacial score (nSPS) is 17.9. The van der Waals surface area contributed by atoms with Gasteiger partial charge in [0.05, 0.1) is 18.1 Å². The number of aromatic nitrogens is 6. The van der Waals surface area contributed by atoms with Crippen LogP contribution >= 0.6 is 0 Å². The molecule has 1 aliphatic carbocycles. The Morgan fingerprint density at radius 1 is 1.07 bits per heavy atom. The first-order valence-corrected chi connectivity index (χ1v) is 15.7. The number of nitrogens with zero attached hydrogens (tertiary/aromatic N) is 5. The number of aliphatic hydroxyl groups excluding tert-OH is 1. The molecule has 10 nitrogen and oxygen atoms in total. The van der Waals surface area contributed by atoms with Crippen LogP contribution in [0.25, 0.3) is 22.5 Å². The van der Waals surface area contributed by atoms with Crippen molar-refractivity contribution in [3.8, 4) is 22.5 Å². The van der Waals surface area contributed by atoms with Crippen LogP contribution in [0, 0.1) is 5.41 Å². The summed E-state index contributed by atoms with van der Waals surface area (Å²) in [6.07, 6.45) is 8.69. The third kappa shape index (κ3) is 5.44. The molecule has 0 saturated heterocycles. The van der Waals surface area contributed by atoms with Gasteiger partial charge in [0.25, 0.3) is 5.56 Å². The molecule has 1 saturated carbocycles. The molecule has 1 fully saturated rings. The van der Waals surface area contributed by atoms with Gasteiger partial charge in [0.1, 0.15) is 0 Å². The second kappa shape index (κ2) is 12.7. The smallest absolute Gasteiger partial charge is 0.270 e. The van der Waals surface area contributed by atoms with Gasteiger partial charge in [-0.05, 0) is 54.0 Å². The topological polar surface area (TPSA) is 131 Å². The van der Waals surface area contributed by atoms with Crippen LogP contribution in [-0.4, -0.2) is 54.2 Å². The zero-order valence-electron chi connectivity index (χ0n) is 24.9. The average Bonchev–Trinajstić information content (AvgIpc) is 3.68. The Kier molecular flexibility index (Phi) is 8.56. The Hall–Kier alpha value is -4.05. The number of amides is 1. The average molecular weight is 584 g/mol. The molecule has 10 heteroatoms. The molecule has 1 atom stereocenters. The number of carbonyl (C=O) groups is 1. The summed E-state index contributed by atoms with van der Waals surface area (Å²) in [6, 6.07) is 16.2. The van der Waals surface area contributed by atoms with E-state index in [1.54, 1.807) is 0 Å². The van der Waals surface area contributed by atoms with Crippen molar-refractivity contribution in [2.75, 3.05) is 13.2 Å². The van der Waals surface area contributed by atoms with E-state index in [2.05, 4.69) is 61.8 Å². The molecule has 6 rings (SSSR count). The Balaban J connectivity index is 1.35. The molecule has 0 bridgehead atoms. The Morgan fingerprint density at radius 2 is 1.84 bits per heavy atom. The lowest BCUT2D eigenvalue weighted by atomic mass is 9.66. The van der Waals surface area contributed by atoms with Crippen LogP contribution in [0.2, 0.25) is 0 Å². The zero-order chi connectivity index (χ0) is 29.8. The lowest BCUT2D eigenvalue weighted by Gasteiger charge is -2.45. The van der Waals surface area contributed by atoms with Crippen molar-refractivity contribution in [1.29, 1.82) is 0 Å². The van der Waals surface area contributed by atoms with Gasteiger partial charge in [-0.25, -0.2) is 4.68 Å².